The van der Waals surface area contributed by atoms with Gasteiger partial charge in [0.15, 0.2) is 0 Å². The van der Waals surface area contributed by atoms with Crippen molar-refractivity contribution in [3.63, 3.8) is 0 Å². The molecule has 1 fully saturated rings. The Kier molecular flexibility index (Phi) is 6.46. The van der Waals surface area contributed by atoms with E-state index in [9.17, 15) is 4.79 Å². The van der Waals surface area contributed by atoms with Crippen LogP contribution in [-0.2, 0) is 4.79 Å². The maximum atomic E-state index is 11.9. The van der Waals surface area contributed by atoms with Gasteiger partial charge in [-0.2, -0.15) is 0 Å². The van der Waals surface area contributed by atoms with Crippen LogP contribution in [-0.4, -0.2) is 37.0 Å². The quantitative estimate of drug-likeness (QED) is 0.751. The van der Waals surface area contributed by atoms with Gasteiger partial charge in [0, 0.05) is 19.5 Å². The van der Waals surface area contributed by atoms with Gasteiger partial charge in [-0.15, -0.1) is 0 Å². The summed E-state index contributed by atoms with van der Waals surface area (Å²) in [6.07, 6.45) is 5.38. The summed E-state index contributed by atoms with van der Waals surface area (Å²) in [5.74, 6) is 1.01. The molecular weight excluding hydrogens is 200 g/mol. The van der Waals surface area contributed by atoms with Gasteiger partial charge in [0.25, 0.3) is 0 Å². The second kappa shape index (κ2) is 7.66. The molecule has 1 N–H and O–H groups in total. The maximum Gasteiger partial charge on any atom is 0.222 e. The van der Waals surface area contributed by atoms with E-state index < -0.39 is 0 Å². The third-order valence-electron chi connectivity index (χ3n) is 3.36. The number of rotatable bonds is 6. The Bertz CT molecular complexity index is 200. The fourth-order valence-electron chi connectivity index (χ4n) is 2.28. The van der Waals surface area contributed by atoms with Crippen molar-refractivity contribution in [2.24, 2.45) is 5.92 Å². The van der Waals surface area contributed by atoms with Crippen LogP contribution >= 0.6 is 0 Å². The van der Waals surface area contributed by atoms with E-state index in [-0.39, 0.29) is 0 Å². The second-order valence-electron chi connectivity index (χ2n) is 4.75. The lowest BCUT2D eigenvalue weighted by Gasteiger charge is -2.29. The Balaban J connectivity index is 2.31. The van der Waals surface area contributed by atoms with Gasteiger partial charge in [-0.05, 0) is 45.2 Å². The minimum absolute atomic E-state index is 0.343. The molecule has 16 heavy (non-hydrogen) atoms. The Morgan fingerprint density at radius 1 is 1.44 bits per heavy atom. The number of nitrogens with zero attached hydrogens (tertiary/aromatic N) is 1. The van der Waals surface area contributed by atoms with Crippen LogP contribution < -0.4 is 5.32 Å². The lowest BCUT2D eigenvalue weighted by atomic mass is 9.99. The van der Waals surface area contributed by atoms with Crippen molar-refractivity contribution < 1.29 is 4.79 Å². The summed E-state index contributed by atoms with van der Waals surface area (Å²) in [5, 5.41) is 3.41. The monoisotopic (exact) mass is 226 g/mol. The first-order valence-corrected chi connectivity index (χ1v) is 6.76. The van der Waals surface area contributed by atoms with E-state index in [1.54, 1.807) is 0 Å². The Morgan fingerprint density at radius 2 is 2.25 bits per heavy atom. The molecule has 0 spiro atoms. The van der Waals surface area contributed by atoms with Gasteiger partial charge in [-0.1, -0.05) is 13.3 Å². The number of piperidine rings is 1. The predicted octanol–water partition coefficient (Wildman–Crippen LogP) is 2.02. The standard InChI is InChI=1S/C13H26N2O/c1-3-5-8-13(16)15(4-2)11-12-7-6-9-14-10-12/h12,14H,3-11H2,1-2H3. The topological polar surface area (TPSA) is 32.3 Å². The second-order valence-corrected chi connectivity index (χ2v) is 4.75. The summed E-state index contributed by atoms with van der Waals surface area (Å²) >= 11 is 0. The third-order valence-corrected chi connectivity index (χ3v) is 3.36. The van der Waals surface area contributed by atoms with Gasteiger partial charge in [0.2, 0.25) is 5.91 Å². The molecule has 0 saturated carbocycles. The van der Waals surface area contributed by atoms with Crippen molar-refractivity contribution in [3.8, 4) is 0 Å². The van der Waals surface area contributed by atoms with E-state index in [1.165, 1.54) is 12.8 Å². The lowest BCUT2D eigenvalue weighted by Crippen LogP contribution is -2.40. The SMILES string of the molecule is CCCCC(=O)N(CC)CC1CCCNC1. The van der Waals surface area contributed by atoms with Gasteiger partial charge in [0.05, 0.1) is 0 Å². The van der Waals surface area contributed by atoms with Gasteiger partial charge in [-0.3, -0.25) is 4.79 Å². The molecule has 3 nitrogen and oxygen atoms in total. The fraction of sp³-hybridized carbons (Fsp3) is 0.923. The molecule has 0 aromatic heterocycles. The van der Waals surface area contributed by atoms with Gasteiger partial charge in [0.1, 0.15) is 0 Å². The van der Waals surface area contributed by atoms with Crippen molar-refractivity contribution in [3.05, 3.63) is 0 Å². The minimum atomic E-state index is 0.343. The van der Waals surface area contributed by atoms with Gasteiger partial charge < -0.3 is 10.2 Å². The Labute approximate surface area is 99.6 Å². The number of carbonyl (C=O) groups excluding carboxylic acids is 1. The van der Waals surface area contributed by atoms with E-state index in [4.69, 9.17) is 0 Å². The van der Waals surface area contributed by atoms with Crippen LogP contribution in [0.1, 0.15) is 46.0 Å². The fourth-order valence-corrected chi connectivity index (χ4v) is 2.28. The van der Waals surface area contributed by atoms with Crippen LogP contribution in [0.15, 0.2) is 0 Å². The lowest BCUT2D eigenvalue weighted by molar-refractivity contribution is -0.131. The van der Waals surface area contributed by atoms with Crippen molar-refractivity contribution in [1.29, 1.82) is 0 Å². The zero-order valence-electron chi connectivity index (χ0n) is 10.8. The van der Waals surface area contributed by atoms with Gasteiger partial charge in [-0.25, -0.2) is 0 Å². The molecule has 1 saturated heterocycles. The smallest absolute Gasteiger partial charge is 0.222 e. The highest BCUT2D eigenvalue weighted by molar-refractivity contribution is 5.76. The summed E-state index contributed by atoms with van der Waals surface area (Å²) in [6, 6.07) is 0. The molecule has 1 rings (SSSR count). The predicted molar refractivity (Wildman–Crippen MR) is 67.4 cm³/mol. The number of amides is 1. The molecule has 1 aliphatic rings. The van der Waals surface area contributed by atoms with Crippen molar-refractivity contribution in [1.82, 2.24) is 10.2 Å². The largest absolute Gasteiger partial charge is 0.343 e. The van der Waals surface area contributed by atoms with E-state index in [2.05, 4.69) is 19.2 Å². The molecule has 1 unspecified atom stereocenters. The number of carbonyl (C=O) groups is 1. The Morgan fingerprint density at radius 3 is 2.81 bits per heavy atom. The highest BCUT2D eigenvalue weighted by atomic mass is 16.2. The Hall–Kier alpha value is -0.570. The zero-order chi connectivity index (χ0) is 11.8. The molecule has 94 valence electrons. The number of nitrogens with one attached hydrogen (secondary N) is 1. The maximum absolute atomic E-state index is 11.9. The molecule has 3 heteroatoms. The molecule has 0 aromatic carbocycles. The first-order chi connectivity index (χ1) is 7.77. The molecule has 1 aliphatic heterocycles. The van der Waals surface area contributed by atoms with Crippen LogP contribution in [0.5, 0.6) is 0 Å². The summed E-state index contributed by atoms with van der Waals surface area (Å²) in [6.45, 7) is 8.25. The average Bonchev–Trinajstić information content (AvgIpc) is 2.34. The van der Waals surface area contributed by atoms with Crippen LogP contribution in [0.2, 0.25) is 0 Å². The first kappa shape index (κ1) is 13.5. The third kappa shape index (κ3) is 4.52. The van der Waals surface area contributed by atoms with Crippen molar-refractivity contribution >= 4 is 5.91 Å². The van der Waals surface area contributed by atoms with Crippen molar-refractivity contribution in [2.75, 3.05) is 26.2 Å². The molecule has 0 aliphatic carbocycles. The molecule has 0 aromatic rings. The van der Waals surface area contributed by atoms with Gasteiger partial charge >= 0.3 is 0 Å². The molecule has 0 bridgehead atoms. The van der Waals surface area contributed by atoms with Crippen LogP contribution in [0.4, 0.5) is 0 Å². The molecule has 1 amide bonds. The highest BCUT2D eigenvalue weighted by Gasteiger charge is 2.18. The highest BCUT2D eigenvalue weighted by Crippen LogP contribution is 2.12. The molecule has 1 heterocycles. The molecule has 0 radical (unpaired) electrons. The van der Waals surface area contributed by atoms with Crippen LogP contribution in [0.25, 0.3) is 0 Å². The summed E-state index contributed by atoms with van der Waals surface area (Å²) in [4.78, 5) is 13.9. The van der Waals surface area contributed by atoms with E-state index in [0.29, 0.717) is 11.8 Å². The number of hydrogen-bond donors (Lipinski definition) is 1. The van der Waals surface area contributed by atoms with Crippen LogP contribution in [0.3, 0.4) is 0 Å². The van der Waals surface area contributed by atoms with Crippen LogP contribution in [0, 0.1) is 5.92 Å². The van der Waals surface area contributed by atoms with Crippen molar-refractivity contribution in [2.45, 2.75) is 46.0 Å². The average molecular weight is 226 g/mol. The zero-order valence-corrected chi connectivity index (χ0v) is 10.8. The number of hydrogen-bond acceptors (Lipinski definition) is 2. The normalized spacial score (nSPS) is 20.8. The van der Waals surface area contributed by atoms with E-state index >= 15 is 0 Å². The number of unbranched alkanes of at least 4 members (excludes halogenated alkanes) is 1. The molecule has 1 atom stereocenters. The minimum Gasteiger partial charge on any atom is -0.343 e. The summed E-state index contributed by atoms with van der Waals surface area (Å²) in [5.41, 5.74) is 0. The summed E-state index contributed by atoms with van der Waals surface area (Å²) < 4.78 is 0. The van der Waals surface area contributed by atoms with E-state index in [1.807, 2.05) is 4.90 Å². The molecular formula is C13H26N2O. The summed E-state index contributed by atoms with van der Waals surface area (Å²) in [7, 11) is 0. The first-order valence-electron chi connectivity index (χ1n) is 6.76. The van der Waals surface area contributed by atoms with E-state index in [0.717, 1.165) is 45.4 Å².